The van der Waals surface area contributed by atoms with Crippen LogP contribution in [0.3, 0.4) is 0 Å². The van der Waals surface area contributed by atoms with E-state index in [1.54, 1.807) is 13.8 Å². The van der Waals surface area contributed by atoms with Crippen molar-refractivity contribution >= 4 is 12.0 Å². The molecule has 0 bridgehead atoms. The van der Waals surface area contributed by atoms with Crippen LogP contribution in [-0.2, 0) is 4.79 Å². The first kappa shape index (κ1) is 17.1. The van der Waals surface area contributed by atoms with Crippen LogP contribution in [0, 0.1) is 5.92 Å². The zero-order valence-electron chi connectivity index (χ0n) is 10.6. The van der Waals surface area contributed by atoms with Crippen molar-refractivity contribution in [1.82, 2.24) is 5.32 Å². The van der Waals surface area contributed by atoms with Gasteiger partial charge in [-0.3, -0.25) is 4.79 Å². The highest BCUT2D eigenvalue weighted by Crippen LogP contribution is 1.96. The maximum atomic E-state index is 10.1. The summed E-state index contributed by atoms with van der Waals surface area (Å²) in [7, 11) is 0. The summed E-state index contributed by atoms with van der Waals surface area (Å²) < 4.78 is 0. The first-order valence-corrected chi connectivity index (χ1v) is 5.03. The molecule has 6 heteroatoms. The molecule has 0 rings (SSSR count). The molecule has 0 heterocycles. The van der Waals surface area contributed by atoms with Crippen LogP contribution in [0.15, 0.2) is 0 Å². The van der Waals surface area contributed by atoms with Gasteiger partial charge in [-0.05, 0) is 26.7 Å². The largest absolute Gasteiger partial charge is 0.480 e. The van der Waals surface area contributed by atoms with Gasteiger partial charge >= 0.3 is 12.0 Å². The van der Waals surface area contributed by atoms with Crippen molar-refractivity contribution < 1.29 is 14.7 Å². The zero-order chi connectivity index (χ0) is 13.5. The number of aliphatic carboxylic acids is 1. The Morgan fingerprint density at radius 2 is 1.62 bits per heavy atom. The molecule has 16 heavy (non-hydrogen) atoms. The highest BCUT2D eigenvalue weighted by atomic mass is 16.4. The van der Waals surface area contributed by atoms with E-state index < -0.39 is 18.0 Å². The van der Waals surface area contributed by atoms with Crippen LogP contribution in [-0.4, -0.2) is 28.7 Å². The summed E-state index contributed by atoms with van der Waals surface area (Å²) in [5.74, 6) is -0.910. The number of hydrogen-bond donors (Lipinski definition) is 4. The van der Waals surface area contributed by atoms with Gasteiger partial charge < -0.3 is 21.9 Å². The maximum absolute atomic E-state index is 10.1. The molecule has 0 fully saturated rings. The number of carboxylic acid groups (broad SMARTS) is 1. The molecule has 0 radical (unpaired) electrons. The molecule has 0 aromatic carbocycles. The Labute approximate surface area is 96.4 Å². The van der Waals surface area contributed by atoms with Crippen LogP contribution < -0.4 is 16.8 Å². The van der Waals surface area contributed by atoms with Gasteiger partial charge in [0.25, 0.3) is 0 Å². The van der Waals surface area contributed by atoms with Gasteiger partial charge in [-0.2, -0.15) is 0 Å². The Bertz CT molecular complexity index is 234. The minimum absolute atomic E-state index is 0.0208. The highest BCUT2D eigenvalue weighted by molar-refractivity contribution is 5.73. The second-order valence-electron chi connectivity index (χ2n) is 4.85. The van der Waals surface area contributed by atoms with Gasteiger partial charge in [0.2, 0.25) is 0 Å². The summed E-state index contributed by atoms with van der Waals surface area (Å²) in [6.07, 6.45) is 0. The van der Waals surface area contributed by atoms with Gasteiger partial charge in [0.15, 0.2) is 0 Å². The third-order valence-electron chi connectivity index (χ3n) is 1.50. The molecule has 1 atom stereocenters. The van der Waals surface area contributed by atoms with E-state index in [-0.39, 0.29) is 11.5 Å². The van der Waals surface area contributed by atoms with Crippen molar-refractivity contribution in [3.63, 3.8) is 0 Å². The number of amides is 2. The maximum Gasteiger partial charge on any atom is 0.320 e. The molecule has 0 aliphatic heterocycles. The molecule has 0 aliphatic rings. The molecular weight excluding hydrogens is 210 g/mol. The van der Waals surface area contributed by atoms with E-state index in [4.69, 9.17) is 16.6 Å². The number of urea groups is 1. The number of carbonyl (C=O) groups is 2. The fourth-order valence-electron chi connectivity index (χ4n) is 0.655. The molecule has 0 saturated heterocycles. The third kappa shape index (κ3) is 12.7. The molecule has 2 amide bonds. The molecule has 0 saturated carbocycles. The van der Waals surface area contributed by atoms with Crippen LogP contribution in [0.1, 0.15) is 34.6 Å². The number of nitrogens with one attached hydrogen (secondary N) is 1. The lowest BCUT2D eigenvalue weighted by Crippen LogP contribution is -2.43. The smallest absolute Gasteiger partial charge is 0.320 e. The number of carboxylic acids is 1. The Hall–Kier alpha value is -1.30. The van der Waals surface area contributed by atoms with Crippen LogP contribution in [0.2, 0.25) is 0 Å². The first-order chi connectivity index (χ1) is 6.97. The van der Waals surface area contributed by atoms with Crippen LogP contribution in [0.5, 0.6) is 0 Å². The van der Waals surface area contributed by atoms with E-state index in [0.29, 0.717) is 0 Å². The lowest BCUT2D eigenvalue weighted by Gasteiger charge is -2.17. The molecule has 0 spiro atoms. The lowest BCUT2D eigenvalue weighted by atomic mass is 10.1. The third-order valence-corrected chi connectivity index (χ3v) is 1.50. The Morgan fingerprint density at radius 1 is 1.25 bits per heavy atom. The van der Waals surface area contributed by atoms with Crippen LogP contribution in [0.25, 0.3) is 0 Å². The van der Waals surface area contributed by atoms with E-state index in [0.717, 1.165) is 0 Å². The molecule has 0 aromatic heterocycles. The topological polar surface area (TPSA) is 118 Å². The van der Waals surface area contributed by atoms with Gasteiger partial charge in [0, 0.05) is 5.54 Å². The monoisotopic (exact) mass is 233 g/mol. The summed E-state index contributed by atoms with van der Waals surface area (Å²) in [6.45, 7) is 9.17. The number of primary amides is 1. The summed E-state index contributed by atoms with van der Waals surface area (Å²) in [4.78, 5) is 20.1. The Morgan fingerprint density at radius 3 is 1.62 bits per heavy atom. The van der Waals surface area contributed by atoms with Crippen molar-refractivity contribution in [3.8, 4) is 0 Å². The SMILES string of the molecule is CC(C)(C)NC(N)=O.CC(C)C(N)C(=O)O. The normalized spacial score (nSPS) is 12.4. The van der Waals surface area contributed by atoms with E-state index >= 15 is 0 Å². The molecule has 1 unspecified atom stereocenters. The van der Waals surface area contributed by atoms with E-state index in [1.807, 2.05) is 20.8 Å². The summed E-state index contributed by atoms with van der Waals surface area (Å²) in [6, 6.07) is -1.19. The van der Waals surface area contributed by atoms with Crippen LogP contribution >= 0.6 is 0 Å². The zero-order valence-corrected chi connectivity index (χ0v) is 10.6. The minimum Gasteiger partial charge on any atom is -0.480 e. The number of hydrogen-bond acceptors (Lipinski definition) is 3. The van der Waals surface area contributed by atoms with Gasteiger partial charge in [-0.1, -0.05) is 13.8 Å². The lowest BCUT2D eigenvalue weighted by molar-refractivity contribution is -0.139. The first-order valence-electron chi connectivity index (χ1n) is 5.03. The predicted octanol–water partition coefficient (Wildman–Crippen LogP) is 0.508. The molecule has 6 nitrogen and oxygen atoms in total. The van der Waals surface area contributed by atoms with Crippen LogP contribution in [0.4, 0.5) is 4.79 Å². The van der Waals surface area contributed by atoms with Crippen molar-refractivity contribution in [2.24, 2.45) is 17.4 Å². The predicted molar refractivity (Wildman–Crippen MR) is 62.9 cm³/mol. The molecule has 6 N–H and O–H groups in total. The highest BCUT2D eigenvalue weighted by Gasteiger charge is 2.14. The van der Waals surface area contributed by atoms with Gasteiger partial charge in [0.05, 0.1) is 0 Å². The van der Waals surface area contributed by atoms with Crippen molar-refractivity contribution in [3.05, 3.63) is 0 Å². The standard InChI is InChI=1S/C5H12N2O.C5H11NO2/c1-5(2,3)7-4(6)8;1-3(2)4(6)5(7)8/h1-3H3,(H3,6,7,8);3-4H,6H2,1-2H3,(H,7,8). The van der Waals surface area contributed by atoms with Gasteiger partial charge in [0.1, 0.15) is 6.04 Å². The van der Waals surface area contributed by atoms with Crippen molar-refractivity contribution in [2.75, 3.05) is 0 Å². The Balaban J connectivity index is 0. The van der Waals surface area contributed by atoms with E-state index in [2.05, 4.69) is 5.32 Å². The number of nitrogens with two attached hydrogens (primary N) is 2. The fourth-order valence-corrected chi connectivity index (χ4v) is 0.655. The number of carbonyl (C=O) groups excluding carboxylic acids is 1. The summed E-state index contributed by atoms with van der Waals surface area (Å²) in [5, 5.41) is 10.7. The summed E-state index contributed by atoms with van der Waals surface area (Å²) in [5.41, 5.74) is 9.79. The fraction of sp³-hybridized carbons (Fsp3) is 0.800. The van der Waals surface area contributed by atoms with E-state index in [1.165, 1.54) is 0 Å². The molecule has 0 aliphatic carbocycles. The molecular formula is C10H23N3O3. The number of rotatable bonds is 2. The Kier molecular flexibility index (Phi) is 7.54. The molecule has 0 aromatic rings. The second-order valence-corrected chi connectivity index (χ2v) is 4.85. The summed E-state index contributed by atoms with van der Waals surface area (Å²) >= 11 is 0. The van der Waals surface area contributed by atoms with E-state index in [9.17, 15) is 9.59 Å². The van der Waals surface area contributed by atoms with Crippen molar-refractivity contribution in [2.45, 2.75) is 46.2 Å². The quantitative estimate of drug-likeness (QED) is 0.555. The average Bonchev–Trinajstić information content (AvgIpc) is 1.98. The molecule has 96 valence electrons. The van der Waals surface area contributed by atoms with Gasteiger partial charge in [-0.15, -0.1) is 0 Å². The second kappa shape index (κ2) is 7.05. The minimum atomic E-state index is -0.931. The van der Waals surface area contributed by atoms with Crippen molar-refractivity contribution in [1.29, 1.82) is 0 Å². The average molecular weight is 233 g/mol. The van der Waals surface area contributed by atoms with Gasteiger partial charge in [-0.25, -0.2) is 4.79 Å².